The van der Waals surface area contributed by atoms with Crippen molar-refractivity contribution in [1.82, 2.24) is 9.55 Å². The van der Waals surface area contributed by atoms with Gasteiger partial charge in [0.25, 0.3) is 0 Å². The minimum Gasteiger partial charge on any atom is -0.493 e. The number of ether oxygens (including phenoxy) is 1. The van der Waals surface area contributed by atoms with Gasteiger partial charge in [0.15, 0.2) is 0 Å². The molecular weight excluding hydrogens is 424 g/mol. The van der Waals surface area contributed by atoms with Crippen LogP contribution in [0.4, 0.5) is 0 Å². The van der Waals surface area contributed by atoms with E-state index in [4.69, 9.17) is 4.74 Å². The van der Waals surface area contributed by atoms with E-state index in [1.165, 1.54) is 5.56 Å². The van der Waals surface area contributed by atoms with Crippen LogP contribution in [0.3, 0.4) is 0 Å². The van der Waals surface area contributed by atoms with Gasteiger partial charge in [-0.3, -0.25) is 14.6 Å². The van der Waals surface area contributed by atoms with Crippen molar-refractivity contribution in [3.63, 3.8) is 0 Å². The van der Waals surface area contributed by atoms with Crippen molar-refractivity contribution in [1.29, 1.82) is 0 Å². The third kappa shape index (κ3) is 6.29. The van der Waals surface area contributed by atoms with Crippen LogP contribution in [0.25, 0.3) is 0 Å². The molecule has 170 valence electrons. The van der Waals surface area contributed by atoms with Gasteiger partial charge in [0.2, 0.25) is 11.8 Å². The number of nitrogens with zero attached hydrogens (tertiary/aromatic N) is 2. The van der Waals surface area contributed by atoms with Crippen molar-refractivity contribution in [3.8, 4) is 11.6 Å². The van der Waals surface area contributed by atoms with Crippen LogP contribution in [-0.4, -0.2) is 27.2 Å². The van der Waals surface area contributed by atoms with Gasteiger partial charge >= 0.3 is 4.87 Å². The average Bonchev–Trinajstić information content (AvgIpc) is 3.08. The fraction of sp³-hybridized carbons (Fsp3) is 0.400. The van der Waals surface area contributed by atoms with Crippen molar-refractivity contribution in [2.24, 2.45) is 0 Å². The third-order valence-electron chi connectivity index (χ3n) is 5.31. The smallest absolute Gasteiger partial charge is 0.317 e. The monoisotopic (exact) mass is 454 g/mol. The molecule has 0 aliphatic carbocycles. The molecule has 1 N–H and O–H groups in total. The summed E-state index contributed by atoms with van der Waals surface area (Å²) in [6.45, 7) is 4.69. The second-order valence-corrected chi connectivity index (χ2v) is 8.78. The van der Waals surface area contributed by atoms with E-state index >= 15 is 0 Å². The number of hydrogen-bond donors (Lipinski definition) is 1. The molecule has 0 bridgehead atoms. The number of aromatic nitrogens is 2. The number of rotatable bonds is 11. The highest BCUT2D eigenvalue weighted by atomic mass is 32.1. The van der Waals surface area contributed by atoms with E-state index < -0.39 is 4.87 Å². The fourth-order valence-electron chi connectivity index (χ4n) is 3.36. The van der Waals surface area contributed by atoms with Crippen LogP contribution >= 0.6 is 11.3 Å². The predicted octanol–water partition coefficient (Wildman–Crippen LogP) is 5.01. The molecule has 0 aliphatic rings. The molecule has 0 spiro atoms. The Morgan fingerprint density at radius 3 is 2.50 bits per heavy atom. The molecule has 0 amide bonds. The maximum absolute atomic E-state index is 12.3. The Morgan fingerprint density at radius 1 is 1.09 bits per heavy atom. The van der Waals surface area contributed by atoms with Gasteiger partial charge in [-0.15, -0.1) is 0 Å². The highest BCUT2D eigenvalue weighted by Gasteiger charge is 2.19. The molecule has 2 heterocycles. The number of aromatic hydroxyl groups is 1. The molecule has 0 atom stereocenters. The second-order valence-electron chi connectivity index (χ2n) is 7.73. The van der Waals surface area contributed by atoms with Gasteiger partial charge in [-0.1, -0.05) is 56.2 Å². The van der Waals surface area contributed by atoms with Crippen LogP contribution in [0.5, 0.6) is 11.6 Å². The standard InChI is InChI=1S/C25H30N2O4S/c1-3-5-6-7-23(28)27-24(29)22(32-25(27)30)16-19-9-12-21(13-10-19)31-15-14-20-11-8-18(4-2)17-26-20/h8-13,17,29H,3-7,14-16H2,1-2H3. The van der Waals surface area contributed by atoms with E-state index in [1.807, 2.05) is 36.5 Å². The molecule has 32 heavy (non-hydrogen) atoms. The molecule has 6 nitrogen and oxygen atoms in total. The highest BCUT2D eigenvalue weighted by molar-refractivity contribution is 7.09. The lowest BCUT2D eigenvalue weighted by molar-refractivity contribution is 0.0887. The van der Waals surface area contributed by atoms with Crippen LogP contribution in [0.2, 0.25) is 0 Å². The van der Waals surface area contributed by atoms with Gasteiger partial charge in [0.1, 0.15) is 5.75 Å². The van der Waals surface area contributed by atoms with E-state index in [1.54, 1.807) is 0 Å². The Balaban J connectivity index is 1.55. The largest absolute Gasteiger partial charge is 0.493 e. The lowest BCUT2D eigenvalue weighted by Crippen LogP contribution is -2.20. The fourth-order valence-corrected chi connectivity index (χ4v) is 4.27. The van der Waals surface area contributed by atoms with Gasteiger partial charge in [-0.2, -0.15) is 0 Å². The summed E-state index contributed by atoms with van der Waals surface area (Å²) < 4.78 is 6.72. The number of hydrogen-bond acceptors (Lipinski definition) is 6. The van der Waals surface area contributed by atoms with Gasteiger partial charge < -0.3 is 9.84 Å². The van der Waals surface area contributed by atoms with Crippen LogP contribution in [0.1, 0.15) is 66.0 Å². The lowest BCUT2D eigenvalue weighted by atomic mass is 10.1. The van der Waals surface area contributed by atoms with Gasteiger partial charge in [0.05, 0.1) is 11.5 Å². The molecule has 0 saturated carbocycles. The first kappa shape index (κ1) is 23.7. The van der Waals surface area contributed by atoms with Gasteiger partial charge in [-0.05, 0) is 42.2 Å². The molecule has 0 unspecified atom stereocenters. The minimum atomic E-state index is -0.431. The number of carbonyl (C=O) groups is 1. The highest BCUT2D eigenvalue weighted by Crippen LogP contribution is 2.25. The van der Waals surface area contributed by atoms with Crippen molar-refractivity contribution < 1.29 is 14.6 Å². The first-order chi connectivity index (χ1) is 15.5. The summed E-state index contributed by atoms with van der Waals surface area (Å²) in [5.74, 6) is 0.175. The average molecular weight is 455 g/mol. The molecule has 3 aromatic rings. The first-order valence-corrected chi connectivity index (χ1v) is 12.0. The maximum Gasteiger partial charge on any atom is 0.317 e. The third-order valence-corrected chi connectivity index (χ3v) is 6.24. The molecule has 1 aromatic carbocycles. The van der Waals surface area contributed by atoms with E-state index in [9.17, 15) is 14.7 Å². The summed E-state index contributed by atoms with van der Waals surface area (Å²) in [6.07, 6.45) is 6.89. The molecule has 0 fully saturated rings. The Kier molecular flexibility index (Phi) is 8.62. The Bertz CT molecular complexity index is 1070. The summed E-state index contributed by atoms with van der Waals surface area (Å²) in [5, 5.41) is 10.4. The SMILES string of the molecule is CCCCCC(=O)n1c(O)c(Cc2ccc(OCCc3ccc(CC)cn3)cc2)sc1=O. The predicted molar refractivity (Wildman–Crippen MR) is 127 cm³/mol. The zero-order valence-corrected chi connectivity index (χ0v) is 19.5. The van der Waals surface area contributed by atoms with Crippen LogP contribution < -0.4 is 9.61 Å². The lowest BCUT2D eigenvalue weighted by Gasteiger charge is -2.08. The summed E-state index contributed by atoms with van der Waals surface area (Å²) in [6, 6.07) is 11.7. The molecule has 0 aliphatic heterocycles. The summed E-state index contributed by atoms with van der Waals surface area (Å²) in [7, 11) is 0. The number of pyridine rings is 1. The van der Waals surface area contributed by atoms with E-state index in [0.717, 1.165) is 58.6 Å². The normalized spacial score (nSPS) is 10.9. The summed E-state index contributed by atoms with van der Waals surface area (Å²) in [4.78, 5) is 29.0. The van der Waals surface area contributed by atoms with Crippen LogP contribution in [0, 0.1) is 0 Å². The number of carbonyl (C=O) groups excluding carboxylic acids is 1. The van der Waals surface area contributed by atoms with Crippen molar-refractivity contribution >= 4 is 17.2 Å². The van der Waals surface area contributed by atoms with Crippen molar-refractivity contribution in [3.05, 3.63) is 74.0 Å². The van der Waals surface area contributed by atoms with Crippen LogP contribution in [0.15, 0.2) is 47.4 Å². The minimum absolute atomic E-state index is 0.233. The molecule has 7 heteroatoms. The van der Waals surface area contributed by atoms with Crippen molar-refractivity contribution in [2.75, 3.05) is 6.61 Å². The van der Waals surface area contributed by atoms with E-state index in [0.29, 0.717) is 24.3 Å². The summed E-state index contributed by atoms with van der Waals surface area (Å²) >= 11 is 0.920. The number of aryl methyl sites for hydroxylation is 1. The van der Waals surface area contributed by atoms with Gasteiger partial charge in [-0.25, -0.2) is 4.57 Å². The van der Waals surface area contributed by atoms with E-state index in [-0.39, 0.29) is 18.2 Å². The maximum atomic E-state index is 12.3. The second kappa shape index (κ2) is 11.6. The molecule has 3 rings (SSSR count). The Morgan fingerprint density at radius 2 is 1.84 bits per heavy atom. The zero-order valence-electron chi connectivity index (χ0n) is 18.7. The number of benzene rings is 1. The Hall–Kier alpha value is -2.93. The molecule has 0 radical (unpaired) electrons. The van der Waals surface area contributed by atoms with Crippen molar-refractivity contribution in [2.45, 2.75) is 58.8 Å². The first-order valence-electron chi connectivity index (χ1n) is 11.1. The molecular formula is C25H30N2O4S. The number of unbranched alkanes of at least 4 members (excludes halogenated alkanes) is 2. The Labute approximate surface area is 192 Å². The molecule has 2 aromatic heterocycles. The molecule has 0 saturated heterocycles. The van der Waals surface area contributed by atoms with Gasteiger partial charge in [0, 0.05) is 31.2 Å². The van der Waals surface area contributed by atoms with E-state index in [2.05, 4.69) is 24.9 Å². The quantitative estimate of drug-likeness (QED) is 0.412. The number of thiazole rings is 1. The topological polar surface area (TPSA) is 81.4 Å². The van der Waals surface area contributed by atoms with Crippen LogP contribution in [-0.2, 0) is 19.3 Å². The zero-order chi connectivity index (χ0) is 22.9. The summed E-state index contributed by atoms with van der Waals surface area (Å²) in [5.41, 5.74) is 3.15.